The predicted molar refractivity (Wildman–Crippen MR) is 135 cm³/mol. The van der Waals surface area contributed by atoms with Gasteiger partial charge >= 0.3 is 11.8 Å². The molecule has 0 radical (unpaired) electrons. The molecule has 1 saturated heterocycles. The molecule has 33 heavy (non-hydrogen) atoms. The first kappa shape index (κ1) is 23.6. The molecule has 0 saturated carbocycles. The Labute approximate surface area is 200 Å². The van der Waals surface area contributed by atoms with Gasteiger partial charge in [0.05, 0.1) is 6.04 Å². The van der Waals surface area contributed by atoms with Crippen molar-refractivity contribution in [1.29, 1.82) is 0 Å². The van der Waals surface area contributed by atoms with Crippen molar-refractivity contribution in [3.8, 4) is 0 Å². The van der Waals surface area contributed by atoms with E-state index in [2.05, 4.69) is 57.6 Å². The second-order valence-electron chi connectivity index (χ2n) is 8.81. The van der Waals surface area contributed by atoms with E-state index in [-0.39, 0.29) is 6.04 Å². The molecule has 0 aromatic heterocycles. The molecule has 1 unspecified atom stereocenters. The van der Waals surface area contributed by atoms with Crippen molar-refractivity contribution in [3.05, 3.63) is 53.6 Å². The maximum absolute atomic E-state index is 12.6. The lowest BCUT2D eigenvalue weighted by Gasteiger charge is -2.38. The van der Waals surface area contributed by atoms with Crippen molar-refractivity contribution in [2.24, 2.45) is 0 Å². The van der Waals surface area contributed by atoms with Crippen LogP contribution in [0.1, 0.15) is 17.2 Å². The zero-order chi connectivity index (χ0) is 23.4. The molecule has 2 amide bonds. The van der Waals surface area contributed by atoms with Crippen LogP contribution in [-0.4, -0.2) is 81.2 Å². The van der Waals surface area contributed by atoms with Gasteiger partial charge in [0.1, 0.15) is 0 Å². The third-order valence-electron chi connectivity index (χ3n) is 6.58. The van der Waals surface area contributed by atoms with Gasteiger partial charge in [-0.1, -0.05) is 18.2 Å². The summed E-state index contributed by atoms with van der Waals surface area (Å²) in [4.78, 5) is 33.2. The molecule has 1 fully saturated rings. The standard InChI is InChI=1S/C25H33N5O2S/c1-28-11-13-30(14-12-28)23(18-7-8-22-19(15-18)9-10-29(22)2)17-26-24(31)25(32)27-20-5-4-6-21(16-20)33-3/h4-8,15-16,23H,9-14,17H2,1-3H3,(H,26,31)(H,27,32). The molecular weight excluding hydrogens is 434 g/mol. The third-order valence-corrected chi connectivity index (χ3v) is 7.31. The van der Waals surface area contributed by atoms with Gasteiger partial charge in [0.2, 0.25) is 0 Å². The monoisotopic (exact) mass is 467 g/mol. The Balaban J connectivity index is 1.45. The fourth-order valence-electron chi connectivity index (χ4n) is 4.54. The molecule has 4 rings (SSSR count). The number of benzene rings is 2. The summed E-state index contributed by atoms with van der Waals surface area (Å²) in [5.41, 5.74) is 4.46. The number of carbonyl (C=O) groups excluding carboxylic acids is 2. The van der Waals surface area contributed by atoms with Crippen LogP contribution in [0.25, 0.3) is 0 Å². The van der Waals surface area contributed by atoms with Crippen LogP contribution in [0.3, 0.4) is 0 Å². The number of likely N-dealkylation sites (N-methyl/N-ethyl adjacent to an activating group) is 2. The van der Waals surface area contributed by atoms with Crippen molar-refractivity contribution in [2.45, 2.75) is 17.4 Å². The minimum atomic E-state index is -0.638. The summed E-state index contributed by atoms with van der Waals surface area (Å²) in [5, 5.41) is 5.61. The molecule has 7 nitrogen and oxygen atoms in total. The van der Waals surface area contributed by atoms with E-state index in [1.54, 1.807) is 17.8 Å². The van der Waals surface area contributed by atoms with E-state index in [0.717, 1.165) is 44.0 Å². The lowest BCUT2D eigenvalue weighted by molar-refractivity contribution is -0.136. The van der Waals surface area contributed by atoms with Crippen LogP contribution in [0.15, 0.2) is 47.4 Å². The highest BCUT2D eigenvalue weighted by molar-refractivity contribution is 7.98. The van der Waals surface area contributed by atoms with Crippen LogP contribution in [0, 0.1) is 0 Å². The Morgan fingerprint density at radius 1 is 1.00 bits per heavy atom. The van der Waals surface area contributed by atoms with Crippen LogP contribution in [0.4, 0.5) is 11.4 Å². The number of carbonyl (C=O) groups is 2. The van der Waals surface area contributed by atoms with Gasteiger partial charge in [0.25, 0.3) is 0 Å². The molecule has 2 aliphatic heterocycles. The lowest BCUT2D eigenvalue weighted by atomic mass is 10.00. The fourth-order valence-corrected chi connectivity index (χ4v) is 5.00. The van der Waals surface area contributed by atoms with Crippen LogP contribution in [0.2, 0.25) is 0 Å². The summed E-state index contributed by atoms with van der Waals surface area (Å²) < 4.78 is 0. The van der Waals surface area contributed by atoms with Gasteiger partial charge in [-0.3, -0.25) is 14.5 Å². The maximum atomic E-state index is 12.6. The first-order chi connectivity index (χ1) is 15.9. The maximum Gasteiger partial charge on any atom is 0.313 e. The molecule has 0 spiro atoms. The minimum Gasteiger partial charge on any atom is -0.374 e. The molecule has 2 aliphatic rings. The number of rotatable bonds is 6. The number of hydrogen-bond acceptors (Lipinski definition) is 6. The quantitative estimate of drug-likeness (QED) is 0.503. The largest absolute Gasteiger partial charge is 0.374 e. The van der Waals surface area contributed by atoms with E-state index in [0.29, 0.717) is 12.2 Å². The smallest absolute Gasteiger partial charge is 0.313 e. The van der Waals surface area contributed by atoms with Gasteiger partial charge in [-0.25, -0.2) is 0 Å². The van der Waals surface area contributed by atoms with E-state index in [9.17, 15) is 9.59 Å². The SMILES string of the molecule is CSc1cccc(NC(=O)C(=O)NCC(c2ccc3c(c2)CCN3C)N2CCN(C)CC2)c1. The number of hydrogen-bond donors (Lipinski definition) is 2. The van der Waals surface area contributed by atoms with E-state index < -0.39 is 11.8 Å². The second-order valence-corrected chi connectivity index (χ2v) is 9.69. The molecule has 176 valence electrons. The van der Waals surface area contributed by atoms with Crippen LogP contribution >= 0.6 is 11.8 Å². The number of nitrogens with zero attached hydrogens (tertiary/aromatic N) is 3. The highest BCUT2D eigenvalue weighted by atomic mass is 32.2. The summed E-state index contributed by atoms with van der Waals surface area (Å²) in [7, 11) is 4.26. The topological polar surface area (TPSA) is 67.9 Å². The Morgan fingerprint density at radius 3 is 2.55 bits per heavy atom. The number of fused-ring (bicyclic) bond motifs is 1. The molecule has 1 atom stereocenters. The molecule has 2 aromatic rings. The molecule has 2 heterocycles. The Bertz CT molecular complexity index is 1010. The zero-order valence-electron chi connectivity index (χ0n) is 19.6. The number of piperazine rings is 1. The number of anilines is 2. The Kier molecular flexibility index (Phi) is 7.57. The molecule has 8 heteroatoms. The average Bonchev–Trinajstić information content (AvgIpc) is 3.20. The zero-order valence-corrected chi connectivity index (χ0v) is 20.5. The summed E-state index contributed by atoms with van der Waals surface area (Å²) in [6.07, 6.45) is 3.02. The van der Waals surface area contributed by atoms with E-state index in [1.165, 1.54) is 16.8 Å². The molecule has 0 bridgehead atoms. The second kappa shape index (κ2) is 10.6. The number of thioether (sulfide) groups is 1. The van der Waals surface area contributed by atoms with Gasteiger partial charge in [0.15, 0.2) is 0 Å². The van der Waals surface area contributed by atoms with Crippen molar-refractivity contribution < 1.29 is 9.59 Å². The molecule has 2 N–H and O–H groups in total. The van der Waals surface area contributed by atoms with Crippen molar-refractivity contribution in [1.82, 2.24) is 15.1 Å². The fraction of sp³-hybridized carbons (Fsp3) is 0.440. The van der Waals surface area contributed by atoms with E-state index in [1.807, 2.05) is 24.5 Å². The first-order valence-electron chi connectivity index (χ1n) is 11.4. The highest BCUT2D eigenvalue weighted by Crippen LogP contribution is 2.31. The first-order valence-corrected chi connectivity index (χ1v) is 12.7. The van der Waals surface area contributed by atoms with E-state index in [4.69, 9.17) is 0 Å². The van der Waals surface area contributed by atoms with Gasteiger partial charge in [-0.2, -0.15) is 0 Å². The molecule has 2 aromatic carbocycles. The minimum absolute atomic E-state index is 0.0338. The number of amides is 2. The Hall–Kier alpha value is -2.55. The average molecular weight is 468 g/mol. The van der Waals surface area contributed by atoms with Crippen molar-refractivity contribution in [2.75, 3.05) is 69.8 Å². The van der Waals surface area contributed by atoms with Gasteiger partial charge in [-0.05, 0) is 55.1 Å². The van der Waals surface area contributed by atoms with E-state index >= 15 is 0 Å². The predicted octanol–water partition coefficient (Wildman–Crippen LogP) is 2.44. The lowest BCUT2D eigenvalue weighted by Crippen LogP contribution is -2.49. The van der Waals surface area contributed by atoms with Gasteiger partial charge in [-0.15, -0.1) is 11.8 Å². The van der Waals surface area contributed by atoms with Crippen molar-refractivity contribution >= 4 is 35.0 Å². The Morgan fingerprint density at radius 2 is 1.79 bits per heavy atom. The van der Waals surface area contributed by atoms with Crippen LogP contribution in [0.5, 0.6) is 0 Å². The summed E-state index contributed by atoms with van der Waals surface area (Å²) in [5.74, 6) is -1.24. The number of nitrogens with one attached hydrogen (secondary N) is 2. The van der Waals surface area contributed by atoms with Crippen LogP contribution in [-0.2, 0) is 16.0 Å². The third kappa shape index (κ3) is 5.69. The summed E-state index contributed by atoms with van der Waals surface area (Å²) in [6.45, 7) is 5.28. The molecule has 0 aliphatic carbocycles. The van der Waals surface area contributed by atoms with Gasteiger partial charge < -0.3 is 20.4 Å². The summed E-state index contributed by atoms with van der Waals surface area (Å²) in [6, 6.07) is 14.2. The summed E-state index contributed by atoms with van der Waals surface area (Å²) >= 11 is 1.59. The highest BCUT2D eigenvalue weighted by Gasteiger charge is 2.27. The molecular formula is C25H33N5O2S. The van der Waals surface area contributed by atoms with Gasteiger partial charge in [0, 0.05) is 62.6 Å². The van der Waals surface area contributed by atoms with Crippen molar-refractivity contribution in [3.63, 3.8) is 0 Å². The normalized spacial score (nSPS) is 17.5. The van der Waals surface area contributed by atoms with Crippen LogP contribution < -0.4 is 15.5 Å².